The Morgan fingerprint density at radius 3 is 2.26 bits per heavy atom. The van der Waals surface area contributed by atoms with Crippen LogP contribution in [0.3, 0.4) is 0 Å². The van der Waals surface area contributed by atoms with Crippen molar-refractivity contribution >= 4 is 18.2 Å². The molecule has 1 aliphatic carbocycles. The number of carbonyl (C=O) groups is 3. The minimum absolute atomic E-state index is 0.0338. The van der Waals surface area contributed by atoms with E-state index in [4.69, 9.17) is 14.6 Å². The average molecular weight is 537 g/mol. The van der Waals surface area contributed by atoms with E-state index in [1.54, 1.807) is 9.80 Å². The number of carboxylic acids is 1. The number of carboxylic acid groups (broad SMARTS) is 1. The molecule has 1 fully saturated rings. The minimum atomic E-state index is -0.900. The number of hydrogen-bond acceptors (Lipinski definition) is 5. The molecule has 1 heterocycles. The molecule has 210 valence electrons. The highest BCUT2D eigenvalue weighted by Gasteiger charge is 2.38. The summed E-state index contributed by atoms with van der Waals surface area (Å²) in [7, 11) is 0. The van der Waals surface area contributed by atoms with Gasteiger partial charge in [-0.2, -0.15) is 0 Å². The molecule has 0 bridgehead atoms. The quantitative estimate of drug-likeness (QED) is 0.435. The van der Waals surface area contributed by atoms with Gasteiger partial charge in [0.15, 0.2) is 0 Å². The SMILES string of the molecule is CC1(CN(CCCC(=O)O)C(=O)OCC2c3ccccc3-c3ccccc32)CCCN(C(=O)OC(C)(C)C)C1. The van der Waals surface area contributed by atoms with Crippen molar-refractivity contribution in [1.82, 2.24) is 9.80 Å². The average Bonchev–Trinajstić information content (AvgIpc) is 3.19. The second-order valence-electron chi connectivity index (χ2n) is 12.0. The summed E-state index contributed by atoms with van der Waals surface area (Å²) in [5.41, 5.74) is 3.63. The molecule has 2 amide bonds. The van der Waals surface area contributed by atoms with Crippen molar-refractivity contribution in [2.75, 3.05) is 32.8 Å². The second-order valence-corrected chi connectivity index (χ2v) is 12.0. The second kappa shape index (κ2) is 11.7. The maximum absolute atomic E-state index is 13.5. The van der Waals surface area contributed by atoms with E-state index in [1.165, 1.54) is 0 Å². The van der Waals surface area contributed by atoms with E-state index < -0.39 is 17.7 Å². The highest BCUT2D eigenvalue weighted by Crippen LogP contribution is 2.44. The van der Waals surface area contributed by atoms with Gasteiger partial charge in [0.05, 0.1) is 0 Å². The van der Waals surface area contributed by atoms with E-state index in [1.807, 2.05) is 45.0 Å². The standard InChI is InChI=1S/C31H40N2O6/c1-30(2,3)39-29(37)33-18-10-16-31(4,21-33)20-32(17-9-15-27(34)35)28(36)38-19-26-24-13-7-5-11-22(24)23-12-6-8-14-25(23)26/h5-8,11-14,26H,9-10,15-21H2,1-4H3,(H,34,35). The van der Waals surface area contributed by atoms with Crippen molar-refractivity contribution < 1.29 is 29.0 Å². The lowest BCUT2D eigenvalue weighted by atomic mass is 9.81. The summed E-state index contributed by atoms with van der Waals surface area (Å²) in [5, 5.41) is 9.17. The number of hydrogen-bond donors (Lipinski definition) is 1. The van der Waals surface area contributed by atoms with Crippen LogP contribution in [0.15, 0.2) is 48.5 Å². The normalized spacial score (nSPS) is 18.7. The van der Waals surface area contributed by atoms with E-state index in [0.717, 1.165) is 35.1 Å². The molecule has 0 saturated carbocycles. The van der Waals surface area contributed by atoms with Gasteiger partial charge in [0.25, 0.3) is 0 Å². The molecule has 1 saturated heterocycles. The summed E-state index contributed by atoms with van der Waals surface area (Å²) in [4.78, 5) is 40.7. The number of benzene rings is 2. The Kier molecular flexibility index (Phi) is 8.52. The van der Waals surface area contributed by atoms with Crippen LogP contribution in [-0.2, 0) is 14.3 Å². The molecule has 4 rings (SSSR count). The van der Waals surface area contributed by atoms with Crippen LogP contribution in [0, 0.1) is 5.41 Å². The minimum Gasteiger partial charge on any atom is -0.481 e. The van der Waals surface area contributed by atoms with Crippen LogP contribution in [0.1, 0.15) is 70.4 Å². The van der Waals surface area contributed by atoms with Gasteiger partial charge in [0.1, 0.15) is 12.2 Å². The first-order valence-electron chi connectivity index (χ1n) is 13.8. The number of ether oxygens (including phenoxy) is 2. The van der Waals surface area contributed by atoms with Gasteiger partial charge >= 0.3 is 18.2 Å². The lowest BCUT2D eigenvalue weighted by Crippen LogP contribution is -2.52. The fraction of sp³-hybridized carbons (Fsp3) is 0.516. The number of piperidine rings is 1. The molecule has 0 spiro atoms. The van der Waals surface area contributed by atoms with Gasteiger partial charge in [-0.05, 0) is 62.3 Å². The van der Waals surface area contributed by atoms with E-state index >= 15 is 0 Å². The van der Waals surface area contributed by atoms with Gasteiger partial charge in [-0.15, -0.1) is 0 Å². The summed E-state index contributed by atoms with van der Waals surface area (Å²) in [5.74, 6) is -0.961. The van der Waals surface area contributed by atoms with Crippen LogP contribution in [0.25, 0.3) is 11.1 Å². The number of likely N-dealkylation sites (tertiary alicyclic amines) is 1. The summed E-state index contributed by atoms with van der Waals surface area (Å²) in [6.45, 7) is 9.48. The molecule has 0 radical (unpaired) electrons. The zero-order chi connectivity index (χ0) is 28.2. The molecule has 1 N–H and O–H groups in total. The molecular formula is C31H40N2O6. The van der Waals surface area contributed by atoms with Gasteiger partial charge in [0.2, 0.25) is 0 Å². The van der Waals surface area contributed by atoms with Crippen molar-refractivity contribution in [3.63, 3.8) is 0 Å². The molecule has 8 nitrogen and oxygen atoms in total. The summed E-state index contributed by atoms with van der Waals surface area (Å²) < 4.78 is 11.5. The maximum Gasteiger partial charge on any atom is 0.410 e. The highest BCUT2D eigenvalue weighted by atomic mass is 16.6. The fourth-order valence-electron chi connectivity index (χ4n) is 5.73. The zero-order valence-electron chi connectivity index (χ0n) is 23.4. The topological polar surface area (TPSA) is 96.4 Å². The van der Waals surface area contributed by atoms with Crippen LogP contribution in [-0.4, -0.2) is 71.4 Å². The zero-order valence-corrected chi connectivity index (χ0v) is 23.4. The third-order valence-electron chi connectivity index (χ3n) is 7.42. The van der Waals surface area contributed by atoms with Crippen LogP contribution in [0.4, 0.5) is 9.59 Å². The lowest BCUT2D eigenvalue weighted by molar-refractivity contribution is -0.137. The molecule has 8 heteroatoms. The Bertz CT molecular complexity index is 1160. The highest BCUT2D eigenvalue weighted by molar-refractivity contribution is 5.79. The summed E-state index contributed by atoms with van der Waals surface area (Å²) >= 11 is 0. The Balaban J connectivity index is 1.46. The van der Waals surface area contributed by atoms with Crippen LogP contribution in [0.2, 0.25) is 0 Å². The lowest BCUT2D eigenvalue weighted by Gasteiger charge is -2.43. The smallest absolute Gasteiger partial charge is 0.410 e. The van der Waals surface area contributed by atoms with E-state index in [0.29, 0.717) is 26.1 Å². The number of rotatable bonds is 8. The van der Waals surface area contributed by atoms with Crippen LogP contribution < -0.4 is 0 Å². The van der Waals surface area contributed by atoms with Gasteiger partial charge in [-0.1, -0.05) is 55.5 Å². The fourth-order valence-corrected chi connectivity index (χ4v) is 5.73. The van der Waals surface area contributed by atoms with Crippen LogP contribution in [0.5, 0.6) is 0 Å². The molecule has 1 unspecified atom stereocenters. The first kappa shape index (κ1) is 28.5. The number of nitrogens with zero attached hydrogens (tertiary/aromatic N) is 2. The molecule has 1 atom stereocenters. The molecule has 1 aliphatic heterocycles. The van der Waals surface area contributed by atoms with E-state index in [-0.39, 0.29) is 37.0 Å². The van der Waals surface area contributed by atoms with E-state index in [2.05, 4.69) is 31.2 Å². The number of carbonyl (C=O) groups excluding carboxylic acids is 2. The summed E-state index contributed by atoms with van der Waals surface area (Å²) in [6.07, 6.45) is 1.10. The predicted molar refractivity (Wildman–Crippen MR) is 149 cm³/mol. The van der Waals surface area contributed by atoms with E-state index in [9.17, 15) is 14.4 Å². The first-order chi connectivity index (χ1) is 18.5. The molecule has 0 aromatic heterocycles. The van der Waals surface area contributed by atoms with Crippen molar-refractivity contribution in [3.05, 3.63) is 59.7 Å². The Morgan fingerprint density at radius 2 is 1.67 bits per heavy atom. The maximum atomic E-state index is 13.5. The van der Waals surface area contributed by atoms with Crippen molar-refractivity contribution in [3.8, 4) is 11.1 Å². The molecular weight excluding hydrogens is 496 g/mol. The largest absolute Gasteiger partial charge is 0.481 e. The Labute approximate surface area is 230 Å². The first-order valence-corrected chi connectivity index (χ1v) is 13.8. The van der Waals surface area contributed by atoms with Crippen LogP contribution >= 0.6 is 0 Å². The van der Waals surface area contributed by atoms with Crippen molar-refractivity contribution in [2.45, 2.75) is 64.9 Å². The molecule has 2 aliphatic rings. The monoisotopic (exact) mass is 536 g/mol. The Hall–Kier alpha value is -3.55. The number of fused-ring (bicyclic) bond motifs is 3. The number of amides is 2. The third kappa shape index (κ3) is 7.11. The van der Waals surface area contributed by atoms with Gasteiger partial charge in [-0.25, -0.2) is 9.59 Å². The Morgan fingerprint density at radius 1 is 1.05 bits per heavy atom. The number of aliphatic carboxylic acids is 1. The van der Waals surface area contributed by atoms with Gasteiger partial charge < -0.3 is 24.4 Å². The molecule has 39 heavy (non-hydrogen) atoms. The predicted octanol–water partition coefficient (Wildman–Crippen LogP) is 6.14. The van der Waals surface area contributed by atoms with Crippen molar-refractivity contribution in [2.24, 2.45) is 5.41 Å². The van der Waals surface area contributed by atoms with Gasteiger partial charge in [-0.3, -0.25) is 4.79 Å². The summed E-state index contributed by atoms with van der Waals surface area (Å²) in [6, 6.07) is 16.4. The van der Waals surface area contributed by atoms with Gasteiger partial charge in [0, 0.05) is 43.9 Å². The molecule has 2 aromatic rings. The molecule has 2 aromatic carbocycles. The van der Waals surface area contributed by atoms with Crippen molar-refractivity contribution in [1.29, 1.82) is 0 Å². The third-order valence-corrected chi connectivity index (χ3v) is 7.42.